The van der Waals surface area contributed by atoms with E-state index < -0.39 is 59.9 Å². The van der Waals surface area contributed by atoms with E-state index in [-0.39, 0.29) is 9.28 Å². The Morgan fingerprint density at radius 1 is 0.780 bits per heavy atom. The Bertz CT molecular complexity index is 1550. The highest BCUT2D eigenvalue weighted by molar-refractivity contribution is 8.04. The maximum Gasteiger partial charge on any atom is 0.416 e. The molecule has 0 aliphatic carbocycles. The fourth-order valence-electron chi connectivity index (χ4n) is 4.37. The Kier molecular flexibility index (Phi) is 10.5. The zero-order valence-electron chi connectivity index (χ0n) is 23.0. The Labute approximate surface area is 239 Å². The number of rotatable bonds is 12. The lowest BCUT2D eigenvalue weighted by molar-refractivity contribution is -0.137. The first-order chi connectivity index (χ1) is 19.2. The molecule has 222 valence electrons. The summed E-state index contributed by atoms with van der Waals surface area (Å²) < 4.78 is 110. The number of allylic oxidation sites excluding steroid dienone is 1. The van der Waals surface area contributed by atoms with Gasteiger partial charge in [0.25, 0.3) is 20.0 Å². The topological polar surface area (TPSA) is 71.5 Å². The molecule has 0 aromatic heterocycles. The predicted octanol–water partition coefficient (Wildman–Crippen LogP) is 7.85. The van der Waals surface area contributed by atoms with Crippen molar-refractivity contribution in [3.8, 4) is 0 Å². The zero-order valence-corrected chi connectivity index (χ0v) is 24.7. The van der Waals surface area contributed by atoms with E-state index in [2.05, 4.69) is 6.92 Å². The molecule has 0 aliphatic rings. The first kappa shape index (κ1) is 32.5. The highest BCUT2D eigenvalue weighted by Gasteiger charge is 2.39. The molecular formula is C30H33F4NO4S2. The smallest absolute Gasteiger partial charge is 0.210 e. The SMILES string of the molecule is CCCCCc1ccc(/C(=C(\F)CN(S(=O)(=O)c2ccccc2)S(=O)(=O)c2ccc(C(F)(F)F)cc2)C(C)C)cc1. The maximum absolute atomic E-state index is 16.1. The molecule has 0 fully saturated rings. The van der Waals surface area contributed by atoms with Crippen LogP contribution in [0.3, 0.4) is 0 Å². The van der Waals surface area contributed by atoms with E-state index in [1.54, 1.807) is 26.0 Å². The van der Waals surface area contributed by atoms with Gasteiger partial charge in [-0.25, -0.2) is 21.2 Å². The quantitative estimate of drug-likeness (QED) is 0.154. The summed E-state index contributed by atoms with van der Waals surface area (Å²) in [6, 6.07) is 16.1. The summed E-state index contributed by atoms with van der Waals surface area (Å²) in [5.74, 6) is -1.44. The van der Waals surface area contributed by atoms with Crippen molar-refractivity contribution in [1.29, 1.82) is 0 Å². The van der Waals surface area contributed by atoms with Gasteiger partial charge in [0.05, 0.1) is 21.9 Å². The van der Waals surface area contributed by atoms with Crippen LogP contribution in [0.5, 0.6) is 0 Å². The summed E-state index contributed by atoms with van der Waals surface area (Å²) in [6.45, 7) is 4.33. The summed E-state index contributed by atoms with van der Waals surface area (Å²) in [7, 11) is -9.87. The van der Waals surface area contributed by atoms with Crippen molar-refractivity contribution in [3.63, 3.8) is 0 Å². The first-order valence-electron chi connectivity index (χ1n) is 13.2. The van der Waals surface area contributed by atoms with E-state index in [1.165, 1.54) is 18.2 Å². The van der Waals surface area contributed by atoms with Crippen molar-refractivity contribution < 1.29 is 34.4 Å². The first-order valence-corrected chi connectivity index (χ1v) is 16.1. The van der Waals surface area contributed by atoms with Gasteiger partial charge < -0.3 is 0 Å². The van der Waals surface area contributed by atoms with Crippen LogP contribution >= 0.6 is 0 Å². The van der Waals surface area contributed by atoms with Crippen LogP contribution in [0.15, 0.2) is 94.5 Å². The summed E-state index contributed by atoms with van der Waals surface area (Å²) in [5.41, 5.74) is 0.547. The average molecular weight is 612 g/mol. The molecular weight excluding hydrogens is 578 g/mol. The van der Waals surface area contributed by atoms with Crippen molar-refractivity contribution in [2.75, 3.05) is 6.54 Å². The van der Waals surface area contributed by atoms with Crippen molar-refractivity contribution in [2.24, 2.45) is 5.92 Å². The number of sulfonamides is 2. The van der Waals surface area contributed by atoms with Crippen LogP contribution in [0.25, 0.3) is 5.57 Å². The largest absolute Gasteiger partial charge is 0.416 e. The monoisotopic (exact) mass is 611 g/mol. The van der Waals surface area contributed by atoms with Crippen LogP contribution in [0.1, 0.15) is 56.7 Å². The van der Waals surface area contributed by atoms with Gasteiger partial charge in [-0.15, -0.1) is 0 Å². The lowest BCUT2D eigenvalue weighted by Gasteiger charge is -2.23. The minimum atomic E-state index is -5.02. The van der Waals surface area contributed by atoms with E-state index in [0.717, 1.165) is 43.4 Å². The van der Waals surface area contributed by atoms with Gasteiger partial charge in [-0.2, -0.15) is 13.2 Å². The van der Waals surface area contributed by atoms with Gasteiger partial charge in [-0.1, -0.05) is 79.8 Å². The number of aryl methyl sites for hydroxylation is 1. The van der Waals surface area contributed by atoms with Crippen LogP contribution in [-0.4, -0.2) is 27.1 Å². The van der Waals surface area contributed by atoms with Crippen molar-refractivity contribution >= 4 is 25.6 Å². The second kappa shape index (κ2) is 13.3. The summed E-state index contributed by atoms with van der Waals surface area (Å²) >= 11 is 0. The Balaban J connectivity index is 2.11. The van der Waals surface area contributed by atoms with Crippen LogP contribution in [0.4, 0.5) is 17.6 Å². The van der Waals surface area contributed by atoms with Crippen LogP contribution < -0.4 is 0 Å². The second-order valence-electron chi connectivity index (χ2n) is 9.90. The molecule has 0 saturated heterocycles. The Hall–Kier alpha value is -3.02. The number of benzene rings is 3. The van der Waals surface area contributed by atoms with Gasteiger partial charge in [0, 0.05) is 0 Å². The molecule has 0 radical (unpaired) electrons. The Morgan fingerprint density at radius 2 is 1.32 bits per heavy atom. The molecule has 0 amide bonds. The van der Waals surface area contributed by atoms with E-state index in [1.807, 2.05) is 12.1 Å². The molecule has 41 heavy (non-hydrogen) atoms. The normalized spacial score (nSPS) is 13.5. The standard InChI is InChI=1S/C30H33F4NO4S2/c1-4-5-7-10-23-13-15-24(16-14-23)29(22(2)3)28(31)21-35(40(36,37)26-11-8-6-9-12-26)41(38,39)27-19-17-25(18-20-27)30(32,33)34/h6,8-9,11-20,22H,4-5,7,10,21H2,1-3H3/b29-28-. The predicted molar refractivity (Wildman–Crippen MR) is 152 cm³/mol. The van der Waals surface area contributed by atoms with Crippen molar-refractivity contribution in [1.82, 2.24) is 3.71 Å². The molecule has 3 aromatic carbocycles. The number of hydrogen-bond acceptors (Lipinski definition) is 4. The molecule has 3 aromatic rings. The maximum atomic E-state index is 16.1. The van der Waals surface area contributed by atoms with E-state index >= 15 is 4.39 Å². The highest BCUT2D eigenvalue weighted by Crippen LogP contribution is 2.34. The van der Waals surface area contributed by atoms with Gasteiger partial charge in [-0.05, 0) is 71.9 Å². The number of halogens is 4. The number of nitrogens with zero attached hydrogens (tertiary/aromatic N) is 1. The molecule has 0 spiro atoms. The van der Waals surface area contributed by atoms with E-state index in [4.69, 9.17) is 0 Å². The van der Waals surface area contributed by atoms with E-state index in [9.17, 15) is 30.0 Å². The minimum absolute atomic E-state index is 0.00869. The van der Waals surface area contributed by atoms with Gasteiger partial charge in [0.15, 0.2) is 0 Å². The van der Waals surface area contributed by atoms with Crippen LogP contribution in [0, 0.1) is 5.92 Å². The average Bonchev–Trinajstić information content (AvgIpc) is 2.92. The minimum Gasteiger partial charge on any atom is -0.210 e. The molecule has 0 saturated carbocycles. The lowest BCUT2D eigenvalue weighted by atomic mass is 9.93. The third-order valence-electron chi connectivity index (χ3n) is 6.53. The Morgan fingerprint density at radius 3 is 1.80 bits per heavy atom. The lowest BCUT2D eigenvalue weighted by Crippen LogP contribution is -2.38. The number of unbranched alkanes of at least 4 members (excludes halogenated alkanes) is 2. The molecule has 0 N–H and O–H groups in total. The summed E-state index contributed by atoms with van der Waals surface area (Å²) in [4.78, 5) is -1.13. The molecule has 3 rings (SSSR count). The number of alkyl halides is 3. The molecule has 0 bridgehead atoms. The van der Waals surface area contributed by atoms with Gasteiger partial charge >= 0.3 is 6.18 Å². The summed E-state index contributed by atoms with van der Waals surface area (Å²) in [5, 5.41) is 0. The summed E-state index contributed by atoms with van der Waals surface area (Å²) in [6.07, 6.45) is -0.727. The fourth-order valence-corrected chi connectivity index (χ4v) is 7.94. The van der Waals surface area contributed by atoms with Gasteiger partial charge in [0.1, 0.15) is 5.83 Å². The third-order valence-corrected chi connectivity index (χ3v) is 10.8. The van der Waals surface area contributed by atoms with Crippen LogP contribution in [-0.2, 0) is 32.6 Å². The van der Waals surface area contributed by atoms with Gasteiger partial charge in [0.2, 0.25) is 0 Å². The molecule has 5 nitrogen and oxygen atoms in total. The number of hydrogen-bond donors (Lipinski definition) is 0. The van der Waals surface area contributed by atoms with Crippen LogP contribution in [0.2, 0.25) is 0 Å². The molecule has 0 unspecified atom stereocenters. The molecule has 0 aliphatic heterocycles. The van der Waals surface area contributed by atoms with Crippen molar-refractivity contribution in [2.45, 2.75) is 62.4 Å². The second-order valence-corrected chi connectivity index (χ2v) is 13.9. The fraction of sp³-hybridized carbons (Fsp3) is 0.333. The third kappa shape index (κ3) is 7.84. The zero-order chi connectivity index (χ0) is 30.4. The van der Waals surface area contributed by atoms with E-state index in [0.29, 0.717) is 29.8 Å². The van der Waals surface area contributed by atoms with Gasteiger partial charge in [-0.3, -0.25) is 0 Å². The molecule has 11 heteroatoms. The highest BCUT2D eigenvalue weighted by atomic mass is 32.3. The molecule has 0 heterocycles. The molecule has 0 atom stereocenters. The van der Waals surface area contributed by atoms with Crippen molar-refractivity contribution in [3.05, 3.63) is 101 Å².